The molecule has 0 spiro atoms. The average molecular weight is 137 g/mol. The van der Waals surface area contributed by atoms with Crippen LogP contribution in [0.15, 0.2) is 24.3 Å². The summed E-state index contributed by atoms with van der Waals surface area (Å²) < 4.78 is 0. The molecule has 1 rings (SSSR count). The highest BCUT2D eigenvalue weighted by atomic mass is 16.3. The van der Waals surface area contributed by atoms with Gasteiger partial charge in [0, 0.05) is 5.92 Å². The molecular formula is C9H13O. The minimum absolute atomic E-state index is 0.231. The first kappa shape index (κ1) is 7.55. The Bertz CT molecular complexity index is 147. The van der Waals surface area contributed by atoms with E-state index in [0.29, 0.717) is 0 Å². The van der Waals surface area contributed by atoms with Gasteiger partial charge in [-0.15, -0.1) is 0 Å². The summed E-state index contributed by atoms with van der Waals surface area (Å²) in [6.07, 6.45) is 10.5. The standard InChI is InChI=1S/C9H13O/c1-2-5-8-6-3-4-7-9(8)10/h3-10H,2H2,1H3. The Morgan fingerprint density at radius 3 is 2.70 bits per heavy atom. The number of rotatable bonds is 2. The number of allylic oxidation sites excluding steroid dienone is 2. The highest BCUT2D eigenvalue weighted by Gasteiger charge is 2.13. The van der Waals surface area contributed by atoms with Gasteiger partial charge in [-0.1, -0.05) is 37.6 Å². The third-order valence-electron chi connectivity index (χ3n) is 1.65. The largest absolute Gasteiger partial charge is 0.388 e. The molecule has 0 amide bonds. The summed E-state index contributed by atoms with van der Waals surface area (Å²) >= 11 is 0. The number of aliphatic hydroxyl groups excluding tert-OH is 1. The Balaban J connectivity index is 2.44. The van der Waals surface area contributed by atoms with E-state index >= 15 is 0 Å². The first-order valence-corrected chi connectivity index (χ1v) is 3.71. The van der Waals surface area contributed by atoms with Gasteiger partial charge in [0.25, 0.3) is 0 Å². The van der Waals surface area contributed by atoms with Gasteiger partial charge in [-0.05, 0) is 6.42 Å². The second-order valence-corrected chi connectivity index (χ2v) is 2.48. The van der Waals surface area contributed by atoms with Gasteiger partial charge in [-0.25, -0.2) is 0 Å². The molecule has 0 aromatic heterocycles. The van der Waals surface area contributed by atoms with Gasteiger partial charge in [0.1, 0.15) is 0 Å². The lowest BCUT2D eigenvalue weighted by molar-refractivity contribution is 0.187. The van der Waals surface area contributed by atoms with Crippen molar-refractivity contribution in [2.24, 2.45) is 5.92 Å². The van der Waals surface area contributed by atoms with Crippen molar-refractivity contribution in [2.45, 2.75) is 19.4 Å². The van der Waals surface area contributed by atoms with Gasteiger partial charge >= 0.3 is 0 Å². The van der Waals surface area contributed by atoms with Crippen LogP contribution in [0.2, 0.25) is 0 Å². The monoisotopic (exact) mass is 137 g/mol. The van der Waals surface area contributed by atoms with Crippen molar-refractivity contribution in [1.29, 1.82) is 0 Å². The smallest absolute Gasteiger partial charge is 0.0789 e. The second-order valence-electron chi connectivity index (χ2n) is 2.48. The molecule has 0 fully saturated rings. The van der Waals surface area contributed by atoms with E-state index in [1.54, 1.807) is 0 Å². The van der Waals surface area contributed by atoms with Crippen molar-refractivity contribution in [2.75, 3.05) is 0 Å². The van der Waals surface area contributed by atoms with Gasteiger partial charge in [0.05, 0.1) is 6.10 Å². The van der Waals surface area contributed by atoms with E-state index in [1.807, 2.05) is 24.3 Å². The topological polar surface area (TPSA) is 20.2 Å². The number of hydrogen-bond donors (Lipinski definition) is 1. The maximum Gasteiger partial charge on any atom is 0.0789 e. The summed E-state index contributed by atoms with van der Waals surface area (Å²) in [6, 6.07) is 0. The molecule has 10 heavy (non-hydrogen) atoms. The highest BCUT2D eigenvalue weighted by Crippen LogP contribution is 2.16. The van der Waals surface area contributed by atoms with Crippen molar-refractivity contribution in [3.63, 3.8) is 0 Å². The molecule has 0 aromatic rings. The Labute approximate surface area is 62.1 Å². The molecule has 0 heterocycles. The lowest BCUT2D eigenvalue weighted by Gasteiger charge is -2.17. The molecule has 0 aliphatic heterocycles. The Morgan fingerprint density at radius 1 is 1.40 bits per heavy atom. The van der Waals surface area contributed by atoms with E-state index in [4.69, 9.17) is 0 Å². The zero-order chi connectivity index (χ0) is 7.40. The van der Waals surface area contributed by atoms with Gasteiger partial charge < -0.3 is 5.11 Å². The first-order chi connectivity index (χ1) is 4.84. The number of hydrogen-bond acceptors (Lipinski definition) is 1. The molecule has 1 aliphatic rings. The molecule has 0 saturated heterocycles. The molecule has 1 radical (unpaired) electrons. The Kier molecular flexibility index (Phi) is 2.69. The fourth-order valence-corrected chi connectivity index (χ4v) is 1.10. The summed E-state index contributed by atoms with van der Waals surface area (Å²) in [5, 5.41) is 9.33. The predicted octanol–water partition coefficient (Wildman–Crippen LogP) is 1.70. The average Bonchev–Trinajstić information content (AvgIpc) is 1.94. The van der Waals surface area contributed by atoms with Crippen LogP contribution in [-0.2, 0) is 0 Å². The fraction of sp³-hybridized carbons (Fsp3) is 0.444. The van der Waals surface area contributed by atoms with Crippen LogP contribution in [0.1, 0.15) is 13.3 Å². The maximum atomic E-state index is 9.33. The van der Waals surface area contributed by atoms with E-state index in [9.17, 15) is 5.11 Å². The summed E-state index contributed by atoms with van der Waals surface area (Å²) in [7, 11) is 0. The molecule has 55 valence electrons. The molecule has 1 heteroatoms. The van der Waals surface area contributed by atoms with Crippen LogP contribution in [0, 0.1) is 12.3 Å². The normalized spacial score (nSPS) is 31.0. The van der Waals surface area contributed by atoms with Crippen LogP contribution in [-0.4, -0.2) is 11.2 Å². The van der Waals surface area contributed by atoms with Gasteiger partial charge in [-0.3, -0.25) is 0 Å². The van der Waals surface area contributed by atoms with Crippen LogP contribution in [0.4, 0.5) is 0 Å². The molecule has 2 atom stereocenters. The third-order valence-corrected chi connectivity index (χ3v) is 1.65. The molecule has 0 saturated carbocycles. The Morgan fingerprint density at radius 2 is 2.10 bits per heavy atom. The van der Waals surface area contributed by atoms with E-state index in [1.165, 1.54) is 0 Å². The molecule has 1 N–H and O–H groups in total. The quantitative estimate of drug-likeness (QED) is 0.614. The molecule has 1 aliphatic carbocycles. The maximum absolute atomic E-state index is 9.33. The van der Waals surface area contributed by atoms with Crippen LogP contribution in [0.3, 0.4) is 0 Å². The highest BCUT2D eigenvalue weighted by molar-refractivity contribution is 5.17. The summed E-state index contributed by atoms with van der Waals surface area (Å²) in [5.74, 6) is 0.231. The van der Waals surface area contributed by atoms with Crippen LogP contribution in [0.5, 0.6) is 0 Å². The third kappa shape index (κ3) is 1.71. The lowest BCUT2D eigenvalue weighted by atomic mass is 9.93. The fourth-order valence-electron chi connectivity index (χ4n) is 1.10. The van der Waals surface area contributed by atoms with Crippen molar-refractivity contribution in [3.05, 3.63) is 30.7 Å². The van der Waals surface area contributed by atoms with Gasteiger partial charge in [0.15, 0.2) is 0 Å². The zero-order valence-corrected chi connectivity index (χ0v) is 6.20. The van der Waals surface area contributed by atoms with Crippen molar-refractivity contribution in [3.8, 4) is 0 Å². The van der Waals surface area contributed by atoms with Crippen molar-refractivity contribution >= 4 is 0 Å². The predicted molar refractivity (Wildman–Crippen MR) is 42.4 cm³/mol. The van der Waals surface area contributed by atoms with Gasteiger partial charge in [0.2, 0.25) is 0 Å². The molecular weight excluding hydrogens is 124 g/mol. The Hall–Kier alpha value is -0.560. The summed E-state index contributed by atoms with van der Waals surface area (Å²) in [6.45, 7) is 2.08. The minimum atomic E-state index is -0.301. The van der Waals surface area contributed by atoms with E-state index in [-0.39, 0.29) is 12.0 Å². The van der Waals surface area contributed by atoms with Crippen LogP contribution < -0.4 is 0 Å². The van der Waals surface area contributed by atoms with Crippen LogP contribution in [0.25, 0.3) is 0 Å². The van der Waals surface area contributed by atoms with Crippen LogP contribution >= 0.6 is 0 Å². The van der Waals surface area contributed by atoms with Crippen molar-refractivity contribution < 1.29 is 5.11 Å². The van der Waals surface area contributed by atoms with Crippen molar-refractivity contribution in [1.82, 2.24) is 0 Å². The zero-order valence-electron chi connectivity index (χ0n) is 6.20. The number of aliphatic hydroxyl groups is 1. The lowest BCUT2D eigenvalue weighted by Crippen LogP contribution is -2.17. The molecule has 1 nitrogen and oxygen atoms in total. The molecule has 2 unspecified atom stereocenters. The second kappa shape index (κ2) is 3.57. The van der Waals surface area contributed by atoms with E-state index in [2.05, 4.69) is 13.3 Å². The SMILES string of the molecule is CC[CH]C1C=CC=CC1O. The van der Waals surface area contributed by atoms with E-state index < -0.39 is 0 Å². The molecule has 0 bridgehead atoms. The minimum Gasteiger partial charge on any atom is -0.388 e. The van der Waals surface area contributed by atoms with Gasteiger partial charge in [-0.2, -0.15) is 0 Å². The summed E-state index contributed by atoms with van der Waals surface area (Å²) in [4.78, 5) is 0. The molecule has 0 aromatic carbocycles. The summed E-state index contributed by atoms with van der Waals surface area (Å²) in [5.41, 5.74) is 0. The van der Waals surface area contributed by atoms with E-state index in [0.717, 1.165) is 6.42 Å². The first-order valence-electron chi connectivity index (χ1n) is 3.71.